The van der Waals surface area contributed by atoms with Crippen molar-refractivity contribution in [3.8, 4) is 11.5 Å². The quantitative estimate of drug-likeness (QED) is 0.344. The zero-order chi connectivity index (χ0) is 19.8. The summed E-state index contributed by atoms with van der Waals surface area (Å²) in [5.41, 5.74) is 6.56. The topological polar surface area (TPSA) is 69.1 Å². The van der Waals surface area contributed by atoms with Crippen LogP contribution in [-0.4, -0.2) is 10.2 Å². The lowest BCUT2D eigenvalue weighted by Gasteiger charge is -2.07. The highest BCUT2D eigenvalue weighted by molar-refractivity contribution is 7.98. The summed E-state index contributed by atoms with van der Waals surface area (Å²) in [5, 5.41) is 9.70. The van der Waals surface area contributed by atoms with Gasteiger partial charge in [0.2, 0.25) is 5.89 Å². The van der Waals surface area contributed by atoms with E-state index >= 15 is 0 Å². The largest absolute Gasteiger partial charge is 0.422 e. The summed E-state index contributed by atoms with van der Waals surface area (Å²) >= 11 is 1.41. The minimum atomic E-state index is -0.349. The summed E-state index contributed by atoms with van der Waals surface area (Å²) < 4.78 is 11.2. The number of hydrogen-bond donors (Lipinski definition) is 0. The Kier molecular flexibility index (Phi) is 4.81. The van der Waals surface area contributed by atoms with Gasteiger partial charge in [0.15, 0.2) is 0 Å². The number of benzene rings is 2. The van der Waals surface area contributed by atoms with E-state index < -0.39 is 0 Å². The van der Waals surface area contributed by atoms with Crippen molar-refractivity contribution < 1.29 is 8.83 Å². The fourth-order valence-corrected chi connectivity index (χ4v) is 3.80. The number of thioether (sulfide) groups is 1. The Morgan fingerprint density at radius 3 is 2.46 bits per heavy atom. The molecule has 4 rings (SSSR count). The molecule has 4 aromatic rings. The lowest BCUT2D eigenvalue weighted by Crippen LogP contribution is -2.01. The van der Waals surface area contributed by atoms with Crippen molar-refractivity contribution in [1.29, 1.82) is 0 Å². The number of aryl methyl sites for hydroxylation is 4. The average Bonchev–Trinajstić information content (AvgIpc) is 3.14. The molecule has 0 aliphatic carbocycles. The molecule has 2 heterocycles. The van der Waals surface area contributed by atoms with E-state index in [2.05, 4.69) is 24.0 Å². The molecule has 142 valence electrons. The Labute approximate surface area is 166 Å². The number of nitrogens with zero attached hydrogens (tertiary/aromatic N) is 2. The van der Waals surface area contributed by atoms with E-state index in [1.807, 2.05) is 44.2 Å². The Morgan fingerprint density at radius 2 is 1.68 bits per heavy atom. The maximum Gasteiger partial charge on any atom is 0.336 e. The van der Waals surface area contributed by atoms with Gasteiger partial charge in [-0.1, -0.05) is 30.0 Å². The van der Waals surface area contributed by atoms with Crippen molar-refractivity contribution in [3.63, 3.8) is 0 Å². The summed E-state index contributed by atoms with van der Waals surface area (Å²) in [6, 6.07) is 11.6. The summed E-state index contributed by atoms with van der Waals surface area (Å²) in [6.07, 6.45) is 0. The molecular weight excluding hydrogens is 372 g/mol. The van der Waals surface area contributed by atoms with Crippen LogP contribution in [0.3, 0.4) is 0 Å². The molecule has 28 heavy (non-hydrogen) atoms. The SMILES string of the molecule is Cc1ccc(-c2nnc(SCc3cc(=O)oc4c(C)c(C)ccc34)o2)cc1C. The highest BCUT2D eigenvalue weighted by Crippen LogP contribution is 2.30. The van der Waals surface area contributed by atoms with Crippen LogP contribution in [0.5, 0.6) is 0 Å². The van der Waals surface area contributed by atoms with Crippen LogP contribution in [-0.2, 0) is 5.75 Å². The molecular formula is C22H20N2O3S. The molecule has 0 atom stereocenters. The fraction of sp³-hybridized carbons (Fsp3) is 0.227. The highest BCUT2D eigenvalue weighted by Gasteiger charge is 2.13. The van der Waals surface area contributed by atoms with Gasteiger partial charge in [-0.2, -0.15) is 0 Å². The van der Waals surface area contributed by atoms with Crippen molar-refractivity contribution >= 4 is 22.7 Å². The van der Waals surface area contributed by atoms with Crippen molar-refractivity contribution in [2.45, 2.75) is 38.7 Å². The predicted octanol–water partition coefficient (Wildman–Crippen LogP) is 5.37. The van der Waals surface area contributed by atoms with Crippen LogP contribution in [0.4, 0.5) is 0 Å². The van der Waals surface area contributed by atoms with Gasteiger partial charge in [-0.15, -0.1) is 10.2 Å². The first-order valence-electron chi connectivity index (χ1n) is 8.99. The van der Waals surface area contributed by atoms with Crippen LogP contribution in [0.2, 0.25) is 0 Å². The standard InChI is InChI=1S/C22H20N2O3S/c1-12-5-7-16(9-14(12)3)21-23-24-22(27-21)28-11-17-10-19(25)26-20-15(4)13(2)6-8-18(17)20/h5-10H,11H2,1-4H3. The molecule has 0 aliphatic rings. The first-order valence-corrected chi connectivity index (χ1v) is 9.98. The van der Waals surface area contributed by atoms with Gasteiger partial charge in [-0.3, -0.25) is 0 Å². The van der Waals surface area contributed by atoms with Crippen molar-refractivity contribution in [1.82, 2.24) is 10.2 Å². The minimum Gasteiger partial charge on any atom is -0.422 e. The molecule has 2 aromatic carbocycles. The third-order valence-electron chi connectivity index (χ3n) is 5.03. The molecule has 0 spiro atoms. The Bertz CT molecular complexity index is 1240. The molecule has 0 saturated carbocycles. The number of aromatic nitrogens is 2. The second-order valence-electron chi connectivity index (χ2n) is 6.94. The van der Waals surface area contributed by atoms with Gasteiger partial charge < -0.3 is 8.83 Å². The van der Waals surface area contributed by atoms with E-state index in [1.165, 1.54) is 29.0 Å². The lowest BCUT2D eigenvalue weighted by atomic mass is 10.0. The van der Waals surface area contributed by atoms with E-state index in [9.17, 15) is 4.79 Å². The van der Waals surface area contributed by atoms with E-state index in [1.54, 1.807) is 0 Å². The van der Waals surface area contributed by atoms with Crippen LogP contribution in [0.25, 0.3) is 22.4 Å². The zero-order valence-corrected chi connectivity index (χ0v) is 17.0. The van der Waals surface area contributed by atoms with Crippen LogP contribution in [0, 0.1) is 27.7 Å². The first kappa shape index (κ1) is 18.5. The Morgan fingerprint density at radius 1 is 0.893 bits per heavy atom. The molecule has 0 bridgehead atoms. The zero-order valence-electron chi connectivity index (χ0n) is 16.2. The minimum absolute atomic E-state index is 0.349. The van der Waals surface area contributed by atoms with E-state index in [4.69, 9.17) is 8.83 Å². The van der Waals surface area contributed by atoms with Gasteiger partial charge in [0.25, 0.3) is 5.22 Å². The molecule has 0 fully saturated rings. The molecule has 0 unspecified atom stereocenters. The third-order valence-corrected chi connectivity index (χ3v) is 5.90. The summed E-state index contributed by atoms with van der Waals surface area (Å²) in [7, 11) is 0. The van der Waals surface area contributed by atoms with Crippen LogP contribution >= 0.6 is 11.8 Å². The van der Waals surface area contributed by atoms with Crippen LogP contribution in [0.1, 0.15) is 27.8 Å². The monoisotopic (exact) mass is 392 g/mol. The molecule has 6 heteroatoms. The maximum absolute atomic E-state index is 12.0. The smallest absolute Gasteiger partial charge is 0.336 e. The Balaban J connectivity index is 1.60. The summed E-state index contributed by atoms with van der Waals surface area (Å²) in [4.78, 5) is 12.0. The molecule has 0 N–H and O–H groups in total. The third kappa shape index (κ3) is 3.47. The normalized spacial score (nSPS) is 11.3. The molecule has 5 nitrogen and oxygen atoms in total. The van der Waals surface area contributed by atoms with Crippen molar-refractivity contribution in [3.05, 3.63) is 74.6 Å². The molecule has 0 aliphatic heterocycles. The first-order chi connectivity index (χ1) is 13.4. The van der Waals surface area contributed by atoms with E-state index in [0.29, 0.717) is 22.4 Å². The van der Waals surface area contributed by atoms with Gasteiger partial charge in [-0.25, -0.2) is 4.79 Å². The van der Waals surface area contributed by atoms with Crippen molar-refractivity contribution in [2.24, 2.45) is 0 Å². The van der Waals surface area contributed by atoms with E-state index in [0.717, 1.165) is 27.6 Å². The average molecular weight is 392 g/mol. The van der Waals surface area contributed by atoms with Crippen LogP contribution < -0.4 is 5.63 Å². The van der Waals surface area contributed by atoms with Gasteiger partial charge in [0, 0.05) is 22.8 Å². The number of fused-ring (bicyclic) bond motifs is 1. The summed E-state index contributed by atoms with van der Waals surface area (Å²) in [6.45, 7) is 8.09. The van der Waals surface area contributed by atoms with Gasteiger partial charge in [-0.05, 0) is 67.6 Å². The fourth-order valence-electron chi connectivity index (χ4n) is 3.04. The second kappa shape index (κ2) is 7.28. The predicted molar refractivity (Wildman–Crippen MR) is 111 cm³/mol. The number of hydrogen-bond acceptors (Lipinski definition) is 6. The highest BCUT2D eigenvalue weighted by atomic mass is 32.2. The summed E-state index contributed by atoms with van der Waals surface area (Å²) in [5.74, 6) is 1.04. The lowest BCUT2D eigenvalue weighted by molar-refractivity contribution is 0.466. The van der Waals surface area contributed by atoms with Crippen molar-refractivity contribution in [2.75, 3.05) is 0 Å². The number of rotatable bonds is 4. The van der Waals surface area contributed by atoms with E-state index in [-0.39, 0.29) is 5.63 Å². The Hall–Kier alpha value is -2.86. The molecule has 0 saturated heterocycles. The van der Waals surface area contributed by atoms with Gasteiger partial charge in [0.1, 0.15) is 5.58 Å². The van der Waals surface area contributed by atoms with Gasteiger partial charge in [0.05, 0.1) is 0 Å². The van der Waals surface area contributed by atoms with Crippen LogP contribution in [0.15, 0.2) is 55.2 Å². The van der Waals surface area contributed by atoms with Gasteiger partial charge >= 0.3 is 5.63 Å². The second-order valence-corrected chi connectivity index (χ2v) is 7.86. The molecule has 0 radical (unpaired) electrons. The maximum atomic E-state index is 12.0. The molecule has 0 amide bonds. The molecule has 2 aromatic heterocycles.